The van der Waals surface area contributed by atoms with Gasteiger partial charge in [0.15, 0.2) is 0 Å². The number of carbonyl (C=O) groups excluding carboxylic acids is 1. The van der Waals surface area contributed by atoms with Crippen LogP contribution in [0.1, 0.15) is 17.3 Å². The van der Waals surface area contributed by atoms with Crippen LogP contribution in [-0.4, -0.2) is 23.9 Å². The molecule has 0 radical (unpaired) electrons. The summed E-state index contributed by atoms with van der Waals surface area (Å²) in [7, 11) is 0. The van der Waals surface area contributed by atoms with Gasteiger partial charge in [-0.05, 0) is 13.0 Å². The number of rotatable bonds is 4. The topological polar surface area (TPSA) is 78.7 Å². The van der Waals surface area contributed by atoms with Crippen molar-refractivity contribution in [3.63, 3.8) is 0 Å². The van der Waals surface area contributed by atoms with Crippen molar-refractivity contribution >= 4 is 11.7 Å². The molecule has 0 aliphatic rings. The summed E-state index contributed by atoms with van der Waals surface area (Å²) in [5.41, 5.74) is -1.17. The zero-order chi connectivity index (χ0) is 14.6. The number of alkyl halides is 3. The van der Waals surface area contributed by atoms with Crippen molar-refractivity contribution < 1.29 is 32.4 Å². The molecule has 0 spiro atoms. The zero-order valence-corrected chi connectivity index (χ0v) is 9.56. The molecule has 9 heteroatoms. The Hall–Kier alpha value is -2.32. The quantitative estimate of drug-likeness (QED) is 0.481. The lowest BCUT2D eigenvalue weighted by molar-refractivity contribution is -0.388. The van der Waals surface area contributed by atoms with E-state index >= 15 is 0 Å². The van der Waals surface area contributed by atoms with Gasteiger partial charge in [0.05, 0.1) is 17.1 Å². The summed E-state index contributed by atoms with van der Waals surface area (Å²) in [5, 5.41) is 10.6. The van der Waals surface area contributed by atoms with Crippen molar-refractivity contribution in [2.24, 2.45) is 0 Å². The van der Waals surface area contributed by atoms with Gasteiger partial charge in [-0.1, -0.05) is 0 Å². The number of esters is 1. The molecule has 0 atom stereocenters. The summed E-state index contributed by atoms with van der Waals surface area (Å²) in [5.74, 6) is -1.97. The van der Waals surface area contributed by atoms with Gasteiger partial charge in [0, 0.05) is 12.1 Å². The van der Waals surface area contributed by atoms with Crippen LogP contribution in [0.5, 0.6) is 5.75 Å². The highest BCUT2D eigenvalue weighted by Gasteiger charge is 2.34. The Morgan fingerprint density at radius 1 is 1.42 bits per heavy atom. The maximum absolute atomic E-state index is 12.1. The van der Waals surface area contributed by atoms with Crippen LogP contribution in [0.25, 0.3) is 0 Å². The normalized spacial score (nSPS) is 10.9. The number of hydrogen-bond donors (Lipinski definition) is 0. The summed E-state index contributed by atoms with van der Waals surface area (Å²) in [4.78, 5) is 20.8. The standard InChI is InChI=1S/C10H8F3NO5/c1-2-18-9(15)6-3-4-7(14(16)17)8(5-6)19-10(11,12)13/h3-5H,2H2,1H3. The van der Waals surface area contributed by atoms with E-state index in [4.69, 9.17) is 0 Å². The van der Waals surface area contributed by atoms with E-state index in [1.807, 2.05) is 0 Å². The lowest BCUT2D eigenvalue weighted by atomic mass is 10.2. The van der Waals surface area contributed by atoms with E-state index in [-0.39, 0.29) is 12.2 Å². The molecule has 19 heavy (non-hydrogen) atoms. The number of nitro groups is 1. The Kier molecular flexibility index (Phi) is 4.30. The molecule has 0 aromatic heterocycles. The minimum atomic E-state index is -5.10. The number of ether oxygens (including phenoxy) is 2. The molecule has 0 aliphatic heterocycles. The first kappa shape index (κ1) is 14.7. The van der Waals surface area contributed by atoms with Crippen molar-refractivity contribution in [3.8, 4) is 5.75 Å². The number of nitro benzene ring substituents is 1. The van der Waals surface area contributed by atoms with Gasteiger partial charge in [0.2, 0.25) is 5.75 Å². The van der Waals surface area contributed by atoms with E-state index in [2.05, 4.69) is 9.47 Å². The van der Waals surface area contributed by atoms with Crippen molar-refractivity contribution in [3.05, 3.63) is 33.9 Å². The third-order valence-electron chi connectivity index (χ3n) is 1.89. The van der Waals surface area contributed by atoms with Gasteiger partial charge in [-0.3, -0.25) is 10.1 Å². The number of benzene rings is 1. The SMILES string of the molecule is CCOC(=O)c1ccc([N+](=O)[O-])c(OC(F)(F)F)c1. The molecule has 104 valence electrons. The first-order valence-corrected chi connectivity index (χ1v) is 4.96. The number of halogens is 3. The van der Waals surface area contributed by atoms with Gasteiger partial charge >= 0.3 is 18.0 Å². The van der Waals surface area contributed by atoms with Crippen LogP contribution in [0.3, 0.4) is 0 Å². The zero-order valence-electron chi connectivity index (χ0n) is 9.56. The van der Waals surface area contributed by atoms with Gasteiger partial charge in [0.25, 0.3) is 0 Å². The van der Waals surface area contributed by atoms with Crippen LogP contribution >= 0.6 is 0 Å². The highest BCUT2D eigenvalue weighted by Crippen LogP contribution is 2.32. The lowest BCUT2D eigenvalue weighted by Gasteiger charge is -2.10. The van der Waals surface area contributed by atoms with Crippen LogP contribution in [0.2, 0.25) is 0 Å². The summed E-state index contributed by atoms with van der Waals surface area (Å²) in [6, 6.07) is 2.34. The predicted molar refractivity (Wildman–Crippen MR) is 55.7 cm³/mol. The second-order valence-corrected chi connectivity index (χ2v) is 3.21. The molecule has 1 aromatic rings. The Bertz CT molecular complexity index is 500. The summed E-state index contributed by atoms with van der Waals surface area (Å²) in [6.07, 6.45) is -5.10. The van der Waals surface area contributed by atoms with Crippen molar-refractivity contribution in [2.45, 2.75) is 13.3 Å². The van der Waals surface area contributed by atoms with Gasteiger partial charge in [-0.15, -0.1) is 13.2 Å². The molecule has 0 bridgehead atoms. The van der Waals surface area contributed by atoms with E-state index in [0.29, 0.717) is 6.07 Å². The molecule has 0 aliphatic carbocycles. The summed E-state index contributed by atoms with van der Waals surface area (Å²) < 4.78 is 44.4. The van der Waals surface area contributed by atoms with E-state index in [9.17, 15) is 28.1 Å². The monoisotopic (exact) mass is 279 g/mol. The smallest absolute Gasteiger partial charge is 0.462 e. The fourth-order valence-electron chi connectivity index (χ4n) is 1.21. The number of nitrogens with zero attached hydrogens (tertiary/aromatic N) is 1. The average molecular weight is 279 g/mol. The highest BCUT2D eigenvalue weighted by molar-refractivity contribution is 5.90. The predicted octanol–water partition coefficient (Wildman–Crippen LogP) is 2.67. The molecule has 0 saturated carbocycles. The third kappa shape index (κ3) is 4.12. The number of hydrogen-bond acceptors (Lipinski definition) is 5. The van der Waals surface area contributed by atoms with Gasteiger partial charge in [0.1, 0.15) is 0 Å². The van der Waals surface area contributed by atoms with Crippen LogP contribution in [0.4, 0.5) is 18.9 Å². The second kappa shape index (κ2) is 5.55. The molecular weight excluding hydrogens is 271 g/mol. The summed E-state index contributed by atoms with van der Waals surface area (Å²) >= 11 is 0. The van der Waals surface area contributed by atoms with Gasteiger partial charge in [-0.25, -0.2) is 4.79 Å². The molecule has 0 unspecified atom stereocenters. The molecule has 0 saturated heterocycles. The Labute approximate surface area is 104 Å². The lowest BCUT2D eigenvalue weighted by Crippen LogP contribution is -2.18. The Morgan fingerprint density at radius 2 is 2.05 bits per heavy atom. The van der Waals surface area contributed by atoms with Crippen LogP contribution < -0.4 is 4.74 Å². The molecule has 1 rings (SSSR count). The Balaban J connectivity index is 3.18. The van der Waals surface area contributed by atoms with Gasteiger partial charge < -0.3 is 9.47 Å². The van der Waals surface area contributed by atoms with Gasteiger partial charge in [-0.2, -0.15) is 0 Å². The molecule has 1 aromatic carbocycles. The molecular formula is C10H8F3NO5. The van der Waals surface area contributed by atoms with Crippen molar-refractivity contribution in [1.82, 2.24) is 0 Å². The average Bonchev–Trinajstić information content (AvgIpc) is 2.26. The van der Waals surface area contributed by atoms with E-state index < -0.39 is 28.7 Å². The third-order valence-corrected chi connectivity index (χ3v) is 1.89. The van der Waals surface area contributed by atoms with E-state index in [1.54, 1.807) is 0 Å². The molecule has 6 nitrogen and oxygen atoms in total. The first-order chi connectivity index (χ1) is 8.74. The molecule has 0 heterocycles. The second-order valence-electron chi connectivity index (χ2n) is 3.21. The fourth-order valence-corrected chi connectivity index (χ4v) is 1.21. The van der Waals surface area contributed by atoms with Crippen LogP contribution in [0, 0.1) is 10.1 Å². The van der Waals surface area contributed by atoms with E-state index in [0.717, 1.165) is 12.1 Å². The van der Waals surface area contributed by atoms with Crippen molar-refractivity contribution in [1.29, 1.82) is 0 Å². The van der Waals surface area contributed by atoms with E-state index in [1.165, 1.54) is 6.92 Å². The maximum Gasteiger partial charge on any atom is 0.573 e. The van der Waals surface area contributed by atoms with Crippen LogP contribution in [-0.2, 0) is 4.74 Å². The molecule has 0 N–H and O–H groups in total. The van der Waals surface area contributed by atoms with Crippen molar-refractivity contribution in [2.75, 3.05) is 6.61 Å². The largest absolute Gasteiger partial charge is 0.573 e. The minimum absolute atomic E-state index is 0.0191. The number of carbonyl (C=O) groups is 1. The maximum atomic E-state index is 12.1. The molecule has 0 fully saturated rings. The Morgan fingerprint density at radius 3 is 2.53 bits per heavy atom. The fraction of sp³-hybridized carbons (Fsp3) is 0.300. The first-order valence-electron chi connectivity index (χ1n) is 4.96. The molecule has 0 amide bonds. The summed E-state index contributed by atoms with van der Waals surface area (Å²) in [6.45, 7) is 1.53. The highest BCUT2D eigenvalue weighted by atomic mass is 19.4. The van der Waals surface area contributed by atoms with Crippen LogP contribution in [0.15, 0.2) is 18.2 Å². The minimum Gasteiger partial charge on any atom is -0.462 e.